The van der Waals surface area contributed by atoms with Crippen LogP contribution in [0, 0.1) is 5.82 Å². The largest absolute Gasteiger partial charge is 0.465 e. The minimum atomic E-state index is -0.505. The molecule has 3 rings (SSSR count). The van der Waals surface area contributed by atoms with Crippen molar-refractivity contribution in [2.75, 3.05) is 17.7 Å². The molecule has 0 spiro atoms. The van der Waals surface area contributed by atoms with Gasteiger partial charge in [-0.3, -0.25) is 4.79 Å². The fourth-order valence-corrected chi connectivity index (χ4v) is 2.28. The number of methoxy groups -OCH3 is 1. The van der Waals surface area contributed by atoms with Crippen LogP contribution < -0.4 is 10.6 Å². The monoisotopic (exact) mass is 366 g/mol. The van der Waals surface area contributed by atoms with E-state index in [0.717, 1.165) is 0 Å². The van der Waals surface area contributed by atoms with Gasteiger partial charge >= 0.3 is 5.97 Å². The molecular weight excluding hydrogens is 351 g/mol. The fraction of sp³-hybridized carbons (Fsp3) is 0.0526. The van der Waals surface area contributed by atoms with Crippen molar-refractivity contribution in [2.24, 2.45) is 0 Å². The van der Waals surface area contributed by atoms with E-state index < -0.39 is 17.7 Å². The number of esters is 1. The average molecular weight is 366 g/mol. The molecule has 0 saturated carbocycles. The lowest BCUT2D eigenvalue weighted by Crippen LogP contribution is -2.15. The van der Waals surface area contributed by atoms with E-state index in [1.807, 2.05) is 0 Å². The number of nitrogens with zero attached hydrogens (tertiary/aromatic N) is 2. The van der Waals surface area contributed by atoms with E-state index in [1.54, 1.807) is 30.3 Å². The highest BCUT2D eigenvalue weighted by molar-refractivity contribution is 6.03. The molecule has 0 radical (unpaired) electrons. The van der Waals surface area contributed by atoms with E-state index in [9.17, 15) is 14.0 Å². The molecular formula is C19H15FN4O3. The van der Waals surface area contributed by atoms with E-state index in [4.69, 9.17) is 0 Å². The lowest BCUT2D eigenvalue weighted by Gasteiger charge is -2.08. The summed E-state index contributed by atoms with van der Waals surface area (Å²) in [5, 5.41) is 5.49. The summed E-state index contributed by atoms with van der Waals surface area (Å²) in [7, 11) is 1.30. The number of anilines is 3. The summed E-state index contributed by atoms with van der Waals surface area (Å²) < 4.78 is 17.9. The Balaban J connectivity index is 1.75. The van der Waals surface area contributed by atoms with Crippen molar-refractivity contribution in [3.05, 3.63) is 77.9 Å². The van der Waals surface area contributed by atoms with E-state index in [1.165, 1.54) is 37.6 Å². The zero-order valence-electron chi connectivity index (χ0n) is 14.3. The van der Waals surface area contributed by atoms with Gasteiger partial charge in [0.15, 0.2) is 0 Å². The van der Waals surface area contributed by atoms with Crippen molar-refractivity contribution in [1.29, 1.82) is 0 Å². The number of aromatic nitrogens is 2. The van der Waals surface area contributed by atoms with E-state index in [0.29, 0.717) is 16.9 Å². The Morgan fingerprint density at radius 3 is 2.59 bits per heavy atom. The Kier molecular flexibility index (Phi) is 5.36. The lowest BCUT2D eigenvalue weighted by atomic mass is 10.2. The maximum absolute atomic E-state index is 13.2. The maximum atomic E-state index is 13.2. The molecule has 0 saturated heterocycles. The summed E-state index contributed by atoms with van der Waals surface area (Å²) in [6, 6.07) is 13.6. The van der Waals surface area contributed by atoms with Gasteiger partial charge in [0.05, 0.1) is 12.7 Å². The summed E-state index contributed by atoms with van der Waals surface area (Å²) in [5.74, 6) is -1.26. The molecule has 0 aliphatic heterocycles. The van der Waals surface area contributed by atoms with E-state index >= 15 is 0 Å². The Morgan fingerprint density at radius 1 is 1.04 bits per heavy atom. The summed E-state index contributed by atoms with van der Waals surface area (Å²) >= 11 is 0. The number of amides is 1. The second-order valence-electron chi connectivity index (χ2n) is 5.43. The smallest absolute Gasteiger partial charge is 0.337 e. The standard InChI is InChI=1S/C19H15FN4O3/c1-27-18(26)12-4-2-6-14(10-12)23-19-21-9-8-16(24-19)17(25)22-15-7-3-5-13(20)11-15/h2-11H,1H3,(H,22,25)(H,21,23,24). The van der Waals surface area contributed by atoms with Crippen LogP contribution in [0.1, 0.15) is 20.8 Å². The highest BCUT2D eigenvalue weighted by Gasteiger charge is 2.11. The second kappa shape index (κ2) is 8.05. The number of carbonyl (C=O) groups is 2. The molecule has 0 bridgehead atoms. The van der Waals surface area contributed by atoms with E-state index in [-0.39, 0.29) is 11.6 Å². The Hall–Kier alpha value is -3.81. The van der Waals surface area contributed by atoms with Gasteiger partial charge in [0.25, 0.3) is 5.91 Å². The minimum Gasteiger partial charge on any atom is -0.465 e. The number of hydrogen-bond donors (Lipinski definition) is 2. The predicted molar refractivity (Wildman–Crippen MR) is 97.4 cm³/mol. The fourth-order valence-electron chi connectivity index (χ4n) is 2.28. The molecule has 0 aliphatic carbocycles. The third-order valence-electron chi connectivity index (χ3n) is 3.51. The second-order valence-corrected chi connectivity index (χ2v) is 5.43. The van der Waals surface area contributed by atoms with Crippen molar-refractivity contribution < 1.29 is 18.7 Å². The number of halogens is 1. The quantitative estimate of drug-likeness (QED) is 0.672. The van der Waals surface area contributed by atoms with Crippen molar-refractivity contribution in [3.8, 4) is 0 Å². The molecule has 136 valence electrons. The van der Waals surface area contributed by atoms with Crippen LogP contribution >= 0.6 is 0 Å². The highest BCUT2D eigenvalue weighted by Crippen LogP contribution is 2.16. The number of nitrogens with one attached hydrogen (secondary N) is 2. The molecule has 1 heterocycles. The molecule has 3 aromatic rings. The van der Waals surface area contributed by atoms with Gasteiger partial charge in [0, 0.05) is 17.6 Å². The molecule has 2 N–H and O–H groups in total. The van der Waals surface area contributed by atoms with Crippen LogP contribution in [0.5, 0.6) is 0 Å². The predicted octanol–water partition coefficient (Wildman–Crippen LogP) is 3.40. The van der Waals surface area contributed by atoms with Gasteiger partial charge in [-0.2, -0.15) is 0 Å². The molecule has 1 amide bonds. The SMILES string of the molecule is COC(=O)c1cccc(Nc2nccc(C(=O)Nc3cccc(F)c3)n2)c1. The first-order chi connectivity index (χ1) is 13.0. The number of rotatable bonds is 5. The summed E-state index contributed by atoms with van der Waals surface area (Å²) in [6.45, 7) is 0. The highest BCUT2D eigenvalue weighted by atomic mass is 19.1. The number of hydrogen-bond acceptors (Lipinski definition) is 6. The minimum absolute atomic E-state index is 0.0980. The molecule has 1 aromatic heterocycles. The topological polar surface area (TPSA) is 93.2 Å². The first kappa shape index (κ1) is 18.0. The van der Waals surface area contributed by atoms with Gasteiger partial charge < -0.3 is 15.4 Å². The molecule has 27 heavy (non-hydrogen) atoms. The third-order valence-corrected chi connectivity index (χ3v) is 3.51. The third kappa shape index (κ3) is 4.63. The molecule has 7 nitrogen and oxygen atoms in total. The van der Waals surface area contributed by atoms with Gasteiger partial charge in [-0.05, 0) is 42.5 Å². The van der Waals surface area contributed by atoms with Crippen molar-refractivity contribution >= 4 is 29.2 Å². The Bertz CT molecular complexity index is 994. The van der Waals surface area contributed by atoms with Crippen molar-refractivity contribution in [1.82, 2.24) is 9.97 Å². The Labute approximate surface area is 154 Å². The lowest BCUT2D eigenvalue weighted by molar-refractivity contribution is 0.0600. The Morgan fingerprint density at radius 2 is 1.81 bits per heavy atom. The zero-order chi connectivity index (χ0) is 19.2. The maximum Gasteiger partial charge on any atom is 0.337 e. The molecule has 2 aromatic carbocycles. The molecule has 8 heteroatoms. The molecule has 0 atom stereocenters. The van der Waals surface area contributed by atoms with Gasteiger partial charge in [-0.25, -0.2) is 19.2 Å². The zero-order valence-corrected chi connectivity index (χ0v) is 14.3. The molecule has 0 aliphatic rings. The normalized spacial score (nSPS) is 10.1. The number of carbonyl (C=O) groups excluding carboxylic acids is 2. The van der Waals surface area contributed by atoms with Crippen LogP contribution in [0.3, 0.4) is 0 Å². The first-order valence-corrected chi connectivity index (χ1v) is 7.90. The summed E-state index contributed by atoms with van der Waals surface area (Å²) in [5.41, 5.74) is 1.34. The average Bonchev–Trinajstić information content (AvgIpc) is 2.68. The van der Waals surface area contributed by atoms with Crippen molar-refractivity contribution in [2.45, 2.75) is 0 Å². The van der Waals surface area contributed by atoms with Gasteiger partial charge in [0.1, 0.15) is 11.5 Å². The number of benzene rings is 2. The van der Waals surface area contributed by atoms with Crippen LogP contribution in [-0.2, 0) is 4.74 Å². The number of ether oxygens (including phenoxy) is 1. The van der Waals surface area contributed by atoms with Crippen LogP contribution in [-0.4, -0.2) is 29.0 Å². The van der Waals surface area contributed by atoms with Gasteiger partial charge in [0.2, 0.25) is 5.95 Å². The van der Waals surface area contributed by atoms with Crippen LogP contribution in [0.4, 0.5) is 21.7 Å². The van der Waals surface area contributed by atoms with Crippen molar-refractivity contribution in [3.63, 3.8) is 0 Å². The molecule has 0 unspecified atom stereocenters. The molecule has 0 fully saturated rings. The van der Waals surface area contributed by atoms with Gasteiger partial charge in [-0.1, -0.05) is 12.1 Å². The first-order valence-electron chi connectivity index (χ1n) is 7.90. The van der Waals surface area contributed by atoms with Crippen LogP contribution in [0.2, 0.25) is 0 Å². The van der Waals surface area contributed by atoms with E-state index in [2.05, 4.69) is 25.3 Å². The summed E-state index contributed by atoms with van der Waals surface area (Å²) in [4.78, 5) is 32.1. The summed E-state index contributed by atoms with van der Waals surface area (Å²) in [6.07, 6.45) is 1.42. The van der Waals surface area contributed by atoms with Crippen LogP contribution in [0.15, 0.2) is 60.8 Å². The van der Waals surface area contributed by atoms with Crippen LogP contribution in [0.25, 0.3) is 0 Å². The van der Waals surface area contributed by atoms with Gasteiger partial charge in [-0.15, -0.1) is 0 Å².